The van der Waals surface area contributed by atoms with E-state index >= 15 is 0 Å². The van der Waals surface area contributed by atoms with Gasteiger partial charge < -0.3 is 15.2 Å². The summed E-state index contributed by atoms with van der Waals surface area (Å²) >= 11 is 7.09. The molecule has 2 aromatic heterocycles. The molecule has 0 spiro atoms. The third-order valence-corrected chi connectivity index (χ3v) is 5.09. The third kappa shape index (κ3) is 4.13. The van der Waals surface area contributed by atoms with Crippen LogP contribution in [0.15, 0.2) is 41.5 Å². The normalized spacial score (nSPS) is 10.6. The maximum absolute atomic E-state index is 12.9. The molecular formula is C19H15ClN2O5S. The van der Waals surface area contributed by atoms with Crippen LogP contribution in [-0.4, -0.2) is 35.1 Å². The van der Waals surface area contributed by atoms with Crippen molar-refractivity contribution in [2.45, 2.75) is 6.92 Å². The molecule has 0 aliphatic carbocycles. The molecule has 0 fully saturated rings. The van der Waals surface area contributed by atoms with Gasteiger partial charge in [0, 0.05) is 45.6 Å². The van der Waals surface area contributed by atoms with Crippen molar-refractivity contribution >= 4 is 44.9 Å². The number of rotatable bonds is 5. The van der Waals surface area contributed by atoms with Gasteiger partial charge >= 0.3 is 5.97 Å². The van der Waals surface area contributed by atoms with Crippen LogP contribution in [0.2, 0.25) is 5.02 Å². The lowest BCUT2D eigenvalue weighted by Crippen LogP contribution is -2.31. The SMILES string of the molecule is CC(=O)OCCNC(=O)c1c(O)sc2c(-c3cccnc3)cc(Cl)cc2c1=O. The Morgan fingerprint density at radius 1 is 1.36 bits per heavy atom. The standard InChI is InChI=1S/C19H15ClN2O5S/c1-10(23)27-6-5-22-18(25)15-16(24)14-8-12(20)7-13(17(14)28-19(15)26)11-3-2-4-21-9-11/h2-4,7-9,26H,5-6H2,1H3,(H,22,25). The summed E-state index contributed by atoms with van der Waals surface area (Å²) in [5.41, 5.74) is 0.349. The summed E-state index contributed by atoms with van der Waals surface area (Å²) in [5, 5.41) is 13.0. The Morgan fingerprint density at radius 3 is 2.82 bits per heavy atom. The lowest BCUT2D eigenvalue weighted by atomic mass is 10.0. The monoisotopic (exact) mass is 418 g/mol. The molecule has 3 rings (SSSR count). The number of carbonyl (C=O) groups excluding carboxylic acids is 2. The zero-order valence-electron chi connectivity index (χ0n) is 14.7. The van der Waals surface area contributed by atoms with Crippen LogP contribution in [0.3, 0.4) is 0 Å². The van der Waals surface area contributed by atoms with Crippen LogP contribution in [0.5, 0.6) is 5.06 Å². The van der Waals surface area contributed by atoms with E-state index < -0.39 is 22.4 Å². The van der Waals surface area contributed by atoms with Gasteiger partial charge in [-0.1, -0.05) is 29.0 Å². The number of hydrogen-bond acceptors (Lipinski definition) is 7. The van der Waals surface area contributed by atoms with Gasteiger partial charge in [0.1, 0.15) is 12.2 Å². The molecule has 0 saturated carbocycles. The predicted molar refractivity (Wildman–Crippen MR) is 107 cm³/mol. The molecule has 144 valence electrons. The number of hydrogen-bond donors (Lipinski definition) is 2. The van der Waals surface area contributed by atoms with Crippen molar-refractivity contribution in [3.8, 4) is 16.2 Å². The Balaban J connectivity index is 2.05. The Morgan fingerprint density at radius 2 is 2.14 bits per heavy atom. The third-order valence-electron chi connectivity index (χ3n) is 3.83. The lowest BCUT2D eigenvalue weighted by molar-refractivity contribution is -0.140. The van der Waals surface area contributed by atoms with E-state index in [4.69, 9.17) is 16.3 Å². The second-order valence-corrected chi connectivity index (χ2v) is 7.21. The Kier molecular flexibility index (Phi) is 5.91. The second kappa shape index (κ2) is 8.37. The first-order chi connectivity index (χ1) is 13.4. The fourth-order valence-corrected chi connectivity index (χ4v) is 3.88. The summed E-state index contributed by atoms with van der Waals surface area (Å²) in [4.78, 5) is 40.1. The quantitative estimate of drug-likeness (QED) is 0.487. The Bertz CT molecular complexity index is 1110. The minimum Gasteiger partial charge on any atom is -0.499 e. The van der Waals surface area contributed by atoms with Crippen LogP contribution in [0, 0.1) is 0 Å². The van der Waals surface area contributed by atoms with E-state index in [0.717, 1.165) is 16.9 Å². The molecule has 0 radical (unpaired) electrons. The van der Waals surface area contributed by atoms with Gasteiger partial charge in [0.2, 0.25) is 5.43 Å². The van der Waals surface area contributed by atoms with Gasteiger partial charge in [-0.15, -0.1) is 0 Å². The van der Waals surface area contributed by atoms with E-state index in [1.807, 2.05) is 6.07 Å². The van der Waals surface area contributed by atoms with E-state index in [1.165, 1.54) is 13.0 Å². The molecule has 9 heteroatoms. The largest absolute Gasteiger partial charge is 0.499 e. The number of esters is 1. The number of amides is 1. The highest BCUT2D eigenvalue weighted by molar-refractivity contribution is 7.20. The number of nitrogens with one attached hydrogen (secondary N) is 1. The summed E-state index contributed by atoms with van der Waals surface area (Å²) in [6.07, 6.45) is 3.24. The summed E-state index contributed by atoms with van der Waals surface area (Å²) in [7, 11) is 0. The van der Waals surface area contributed by atoms with E-state index in [0.29, 0.717) is 15.3 Å². The summed E-state index contributed by atoms with van der Waals surface area (Å²) < 4.78 is 5.22. The number of pyridine rings is 1. The molecule has 0 aliphatic heterocycles. The minimum absolute atomic E-state index is 0.0104. The number of aromatic hydroxyl groups is 1. The van der Waals surface area contributed by atoms with Gasteiger partial charge in [-0.3, -0.25) is 19.4 Å². The molecule has 1 aromatic carbocycles. The molecule has 2 heterocycles. The fourth-order valence-electron chi connectivity index (χ4n) is 2.64. The van der Waals surface area contributed by atoms with E-state index in [2.05, 4.69) is 10.3 Å². The zero-order chi connectivity index (χ0) is 20.3. The topological polar surface area (TPSA) is 106 Å². The van der Waals surface area contributed by atoms with Crippen LogP contribution in [-0.2, 0) is 9.53 Å². The first-order valence-corrected chi connectivity index (χ1v) is 9.39. The zero-order valence-corrected chi connectivity index (χ0v) is 16.3. The highest BCUT2D eigenvalue weighted by Gasteiger charge is 2.21. The van der Waals surface area contributed by atoms with Crippen LogP contribution in [0.4, 0.5) is 0 Å². The van der Waals surface area contributed by atoms with Crippen molar-refractivity contribution in [2.75, 3.05) is 13.2 Å². The fraction of sp³-hybridized carbons (Fsp3) is 0.158. The summed E-state index contributed by atoms with van der Waals surface area (Å²) in [5.74, 6) is -1.23. The highest BCUT2D eigenvalue weighted by atomic mass is 35.5. The number of ether oxygens (including phenoxy) is 1. The van der Waals surface area contributed by atoms with Crippen molar-refractivity contribution in [2.24, 2.45) is 0 Å². The highest BCUT2D eigenvalue weighted by Crippen LogP contribution is 2.37. The summed E-state index contributed by atoms with van der Waals surface area (Å²) in [6.45, 7) is 1.22. The number of benzene rings is 1. The lowest BCUT2D eigenvalue weighted by Gasteiger charge is -2.10. The Hall–Kier alpha value is -2.97. The molecule has 0 atom stereocenters. The van der Waals surface area contributed by atoms with Crippen LogP contribution < -0.4 is 10.7 Å². The van der Waals surface area contributed by atoms with Gasteiger partial charge in [-0.05, 0) is 18.2 Å². The molecular weight excluding hydrogens is 404 g/mol. The molecule has 0 unspecified atom stereocenters. The number of carbonyl (C=O) groups is 2. The van der Waals surface area contributed by atoms with Crippen molar-refractivity contribution in [1.29, 1.82) is 0 Å². The minimum atomic E-state index is -0.754. The van der Waals surface area contributed by atoms with Gasteiger partial charge in [0.05, 0.1) is 6.54 Å². The van der Waals surface area contributed by atoms with Gasteiger partial charge in [-0.2, -0.15) is 0 Å². The van der Waals surface area contributed by atoms with Gasteiger partial charge in [0.25, 0.3) is 5.91 Å². The number of nitrogens with zero attached hydrogens (tertiary/aromatic N) is 1. The smallest absolute Gasteiger partial charge is 0.302 e. The molecule has 2 N–H and O–H groups in total. The van der Waals surface area contributed by atoms with E-state index in [-0.39, 0.29) is 24.1 Å². The maximum Gasteiger partial charge on any atom is 0.302 e. The van der Waals surface area contributed by atoms with Crippen LogP contribution in [0.25, 0.3) is 21.2 Å². The molecule has 0 bridgehead atoms. The van der Waals surface area contributed by atoms with Gasteiger partial charge in [-0.25, -0.2) is 0 Å². The van der Waals surface area contributed by atoms with E-state index in [1.54, 1.807) is 24.5 Å². The summed E-state index contributed by atoms with van der Waals surface area (Å²) in [6, 6.07) is 6.69. The van der Waals surface area contributed by atoms with Crippen LogP contribution >= 0.6 is 22.9 Å². The number of fused-ring (bicyclic) bond motifs is 1. The van der Waals surface area contributed by atoms with Crippen molar-refractivity contribution < 1.29 is 19.4 Å². The molecule has 28 heavy (non-hydrogen) atoms. The Labute approximate surface area is 168 Å². The van der Waals surface area contributed by atoms with E-state index in [9.17, 15) is 19.5 Å². The molecule has 3 aromatic rings. The average molecular weight is 419 g/mol. The van der Waals surface area contributed by atoms with Crippen LogP contribution in [0.1, 0.15) is 17.3 Å². The molecule has 0 saturated heterocycles. The second-order valence-electron chi connectivity index (χ2n) is 5.78. The number of aromatic nitrogens is 1. The van der Waals surface area contributed by atoms with Crippen molar-refractivity contribution in [3.63, 3.8) is 0 Å². The molecule has 0 aliphatic rings. The predicted octanol–water partition coefficient (Wildman–Crippen LogP) is 2.98. The first kappa shape index (κ1) is 19.8. The number of halogens is 1. The maximum atomic E-state index is 12.9. The molecule has 1 amide bonds. The van der Waals surface area contributed by atoms with Crippen molar-refractivity contribution in [1.82, 2.24) is 10.3 Å². The first-order valence-electron chi connectivity index (χ1n) is 8.19. The van der Waals surface area contributed by atoms with Gasteiger partial charge in [0.15, 0.2) is 5.06 Å². The average Bonchev–Trinajstić information content (AvgIpc) is 2.66. The molecule has 7 nitrogen and oxygen atoms in total. The van der Waals surface area contributed by atoms with Crippen molar-refractivity contribution in [3.05, 3.63) is 57.5 Å².